The largest absolute Gasteiger partial charge is 0.481 e. The van der Waals surface area contributed by atoms with Crippen LogP contribution >= 0.6 is 0 Å². The molecule has 1 heterocycles. The Kier molecular flexibility index (Phi) is 5.97. The van der Waals surface area contributed by atoms with Gasteiger partial charge >= 0.3 is 0 Å². The predicted molar refractivity (Wildman–Crippen MR) is 73.9 cm³/mol. The van der Waals surface area contributed by atoms with Gasteiger partial charge in [0.2, 0.25) is 21.9 Å². The molecule has 19 heavy (non-hydrogen) atoms. The zero-order valence-electron chi connectivity index (χ0n) is 11.4. The average Bonchev–Trinajstić information content (AvgIpc) is 2.33. The van der Waals surface area contributed by atoms with Crippen molar-refractivity contribution >= 4 is 16.0 Å². The highest BCUT2D eigenvalue weighted by Crippen LogP contribution is 2.12. The number of aryl methyl sites for hydroxylation is 1. The van der Waals surface area contributed by atoms with Crippen LogP contribution in [-0.4, -0.2) is 44.8 Å². The second-order valence-electron chi connectivity index (χ2n) is 4.11. The molecule has 0 radical (unpaired) electrons. The molecule has 0 bridgehead atoms. The van der Waals surface area contributed by atoms with Gasteiger partial charge in [-0.05, 0) is 33.4 Å². The van der Waals surface area contributed by atoms with Gasteiger partial charge < -0.3 is 10.1 Å². The first-order valence-corrected chi connectivity index (χ1v) is 7.67. The molecule has 0 aliphatic heterocycles. The van der Waals surface area contributed by atoms with Gasteiger partial charge in [-0.15, -0.1) is 0 Å². The van der Waals surface area contributed by atoms with Crippen molar-refractivity contribution in [2.24, 2.45) is 0 Å². The zero-order valence-corrected chi connectivity index (χ0v) is 12.2. The molecule has 1 aromatic heterocycles. The lowest BCUT2D eigenvalue weighted by atomic mass is 10.3. The summed E-state index contributed by atoms with van der Waals surface area (Å²) in [6, 6.07) is 1.63. The molecule has 1 aromatic rings. The topological polar surface area (TPSA) is 93.2 Å². The number of methoxy groups -OCH3 is 1. The maximum atomic E-state index is 11.8. The molecule has 0 saturated heterocycles. The Morgan fingerprint density at radius 1 is 1.32 bits per heavy atom. The van der Waals surface area contributed by atoms with E-state index in [1.165, 1.54) is 7.11 Å². The van der Waals surface area contributed by atoms with Crippen molar-refractivity contribution in [3.05, 3.63) is 11.8 Å². The lowest BCUT2D eigenvalue weighted by Crippen LogP contribution is -2.19. The summed E-state index contributed by atoms with van der Waals surface area (Å²) in [6.45, 7) is 2.54. The average molecular weight is 288 g/mol. The number of hydrogen-bond donors (Lipinski definition) is 2. The maximum Gasteiger partial charge on any atom is 0.240 e. The molecule has 8 heteroatoms. The predicted octanol–water partition coefficient (Wildman–Crippen LogP) is 0.535. The highest BCUT2D eigenvalue weighted by Gasteiger charge is 2.13. The molecule has 0 amide bonds. The van der Waals surface area contributed by atoms with E-state index in [0.717, 1.165) is 13.0 Å². The minimum atomic E-state index is -3.42. The molecule has 0 spiro atoms. The fourth-order valence-electron chi connectivity index (χ4n) is 1.47. The van der Waals surface area contributed by atoms with Crippen LogP contribution in [0, 0.1) is 6.92 Å². The van der Waals surface area contributed by atoms with Crippen LogP contribution in [-0.2, 0) is 10.0 Å². The van der Waals surface area contributed by atoms with Gasteiger partial charge in [0, 0.05) is 11.8 Å². The first-order chi connectivity index (χ1) is 8.96. The fourth-order valence-corrected chi connectivity index (χ4v) is 2.53. The molecule has 7 nitrogen and oxygen atoms in total. The molecule has 0 aromatic carbocycles. The number of hydrogen-bond acceptors (Lipinski definition) is 6. The van der Waals surface area contributed by atoms with Crippen LogP contribution in [0.1, 0.15) is 18.5 Å². The summed E-state index contributed by atoms with van der Waals surface area (Å²) in [7, 11) is -0.112. The molecular weight excluding hydrogens is 268 g/mol. The van der Waals surface area contributed by atoms with Gasteiger partial charge in [0.15, 0.2) is 0 Å². The van der Waals surface area contributed by atoms with Gasteiger partial charge in [-0.25, -0.2) is 13.4 Å². The van der Waals surface area contributed by atoms with Crippen molar-refractivity contribution in [2.75, 3.05) is 31.2 Å². The first kappa shape index (κ1) is 15.6. The molecule has 0 unspecified atom stereocenters. The molecule has 1 rings (SSSR count). The van der Waals surface area contributed by atoms with Crippen molar-refractivity contribution in [1.82, 2.24) is 15.3 Å². The third kappa shape index (κ3) is 5.84. The van der Waals surface area contributed by atoms with Crippen LogP contribution in [0.5, 0.6) is 5.88 Å². The Morgan fingerprint density at radius 2 is 2.05 bits per heavy atom. The van der Waals surface area contributed by atoms with Gasteiger partial charge in [0.25, 0.3) is 0 Å². The molecular formula is C11H20N4O3S. The van der Waals surface area contributed by atoms with Gasteiger partial charge in [0.05, 0.1) is 12.9 Å². The summed E-state index contributed by atoms with van der Waals surface area (Å²) in [5, 5.41) is 2.97. The van der Waals surface area contributed by atoms with Crippen LogP contribution in [0.3, 0.4) is 0 Å². The number of rotatable bonds is 8. The van der Waals surface area contributed by atoms with Crippen molar-refractivity contribution in [3.8, 4) is 5.88 Å². The van der Waals surface area contributed by atoms with Crippen molar-refractivity contribution < 1.29 is 13.2 Å². The molecule has 0 atom stereocenters. The number of anilines is 1. The van der Waals surface area contributed by atoms with Gasteiger partial charge in [0.1, 0.15) is 0 Å². The molecule has 0 aliphatic rings. The van der Waals surface area contributed by atoms with E-state index in [-0.39, 0.29) is 11.7 Å². The minimum Gasteiger partial charge on any atom is -0.481 e. The van der Waals surface area contributed by atoms with E-state index >= 15 is 0 Å². The van der Waals surface area contributed by atoms with Crippen LogP contribution in [0.2, 0.25) is 0 Å². The highest BCUT2D eigenvalue weighted by atomic mass is 32.2. The van der Waals surface area contributed by atoms with Crippen molar-refractivity contribution in [3.63, 3.8) is 0 Å². The number of unbranched alkanes of at least 4 members (excludes halogenated alkanes) is 1. The highest BCUT2D eigenvalue weighted by molar-refractivity contribution is 7.92. The van der Waals surface area contributed by atoms with Crippen LogP contribution < -0.4 is 14.8 Å². The summed E-state index contributed by atoms with van der Waals surface area (Å²) < 4.78 is 31.0. The third-order valence-electron chi connectivity index (χ3n) is 2.38. The van der Waals surface area contributed by atoms with E-state index in [4.69, 9.17) is 4.74 Å². The number of nitrogens with zero attached hydrogens (tertiary/aromatic N) is 2. The smallest absolute Gasteiger partial charge is 0.240 e. The summed E-state index contributed by atoms with van der Waals surface area (Å²) >= 11 is 0. The molecule has 2 N–H and O–H groups in total. The van der Waals surface area contributed by atoms with Gasteiger partial charge in [-0.3, -0.25) is 4.72 Å². The number of ether oxygens (including phenoxy) is 1. The maximum absolute atomic E-state index is 11.8. The van der Waals surface area contributed by atoms with Crippen LogP contribution in [0.15, 0.2) is 6.07 Å². The van der Waals surface area contributed by atoms with Crippen molar-refractivity contribution in [1.29, 1.82) is 0 Å². The van der Waals surface area contributed by atoms with Gasteiger partial charge in [-0.2, -0.15) is 4.98 Å². The second kappa shape index (κ2) is 7.25. The monoisotopic (exact) mass is 288 g/mol. The third-order valence-corrected chi connectivity index (χ3v) is 3.70. The van der Waals surface area contributed by atoms with Gasteiger partial charge in [-0.1, -0.05) is 0 Å². The van der Waals surface area contributed by atoms with E-state index in [0.29, 0.717) is 18.0 Å². The standard InChI is InChI=1S/C11H20N4O3S/c1-9-8-10(18-3)14-11(13-9)15-19(16,17)7-5-4-6-12-2/h8,12H,4-7H2,1-3H3,(H,13,14,15). The quantitative estimate of drug-likeness (QED) is 0.678. The second-order valence-corrected chi connectivity index (χ2v) is 5.95. The number of aromatic nitrogens is 2. The van der Waals surface area contributed by atoms with Crippen molar-refractivity contribution in [2.45, 2.75) is 19.8 Å². The van der Waals surface area contributed by atoms with E-state index < -0.39 is 10.0 Å². The molecule has 0 aliphatic carbocycles. The normalized spacial score (nSPS) is 11.3. The SMILES string of the molecule is CNCCCCS(=O)(=O)Nc1nc(C)cc(OC)n1. The minimum absolute atomic E-state index is 0.0467. The van der Waals surface area contributed by atoms with E-state index in [1.807, 2.05) is 7.05 Å². The summed E-state index contributed by atoms with van der Waals surface area (Å²) in [4.78, 5) is 7.96. The summed E-state index contributed by atoms with van der Waals surface area (Å²) in [5.74, 6) is 0.430. The number of nitrogens with one attached hydrogen (secondary N) is 2. The zero-order chi connectivity index (χ0) is 14.3. The molecule has 0 fully saturated rings. The fraction of sp³-hybridized carbons (Fsp3) is 0.636. The van der Waals surface area contributed by atoms with Crippen LogP contribution in [0.4, 0.5) is 5.95 Å². The van der Waals surface area contributed by atoms with E-state index in [9.17, 15) is 8.42 Å². The van der Waals surface area contributed by atoms with Crippen LogP contribution in [0.25, 0.3) is 0 Å². The molecule has 108 valence electrons. The lowest BCUT2D eigenvalue weighted by Gasteiger charge is -2.08. The Balaban J connectivity index is 2.64. The van der Waals surface area contributed by atoms with E-state index in [1.54, 1.807) is 13.0 Å². The Labute approximate surface area is 113 Å². The van der Waals surface area contributed by atoms with E-state index in [2.05, 4.69) is 20.0 Å². The molecule has 0 saturated carbocycles. The summed E-state index contributed by atoms with van der Waals surface area (Å²) in [5.41, 5.74) is 0.639. The Hall–Kier alpha value is -1.41. The summed E-state index contributed by atoms with van der Waals surface area (Å²) in [6.07, 6.45) is 1.38. The Morgan fingerprint density at radius 3 is 2.68 bits per heavy atom. The first-order valence-electron chi connectivity index (χ1n) is 6.01. The lowest BCUT2D eigenvalue weighted by molar-refractivity contribution is 0.397. The Bertz CT molecular complexity index is 505. The number of sulfonamides is 1.